The van der Waals surface area contributed by atoms with Gasteiger partial charge in [-0.1, -0.05) is 146 Å². The lowest BCUT2D eigenvalue weighted by molar-refractivity contribution is 0.669. The van der Waals surface area contributed by atoms with E-state index in [1.807, 2.05) is 42.5 Å². The van der Waals surface area contributed by atoms with E-state index in [0.29, 0.717) is 0 Å². The van der Waals surface area contributed by atoms with E-state index in [1.54, 1.807) is 0 Å². The summed E-state index contributed by atoms with van der Waals surface area (Å²) in [5.74, 6) is 1.60. The number of furan rings is 1. The van der Waals surface area contributed by atoms with Crippen LogP contribution in [0.1, 0.15) is 22.9 Å². The molecule has 0 amide bonds. The number of fused-ring (bicyclic) bond motifs is 4. The first-order valence-corrected chi connectivity index (χ1v) is 15.9. The van der Waals surface area contributed by atoms with Crippen LogP contribution in [0.25, 0.3) is 55.0 Å². The number of aliphatic imine (C=N–C) groups is 2. The molecule has 0 aliphatic carbocycles. The van der Waals surface area contributed by atoms with Crippen LogP contribution in [0.2, 0.25) is 0 Å². The molecule has 1 aliphatic heterocycles. The van der Waals surface area contributed by atoms with Crippen molar-refractivity contribution < 1.29 is 4.42 Å². The minimum atomic E-state index is -0.439. The number of nitrogens with zero attached hydrogens (tertiary/aromatic N) is 2. The van der Waals surface area contributed by atoms with Crippen molar-refractivity contribution in [1.29, 1.82) is 0 Å². The topological polar surface area (TPSA) is 49.9 Å². The highest BCUT2D eigenvalue weighted by Gasteiger charge is 2.24. The fraction of sp³-hybridized carbons (Fsp3) is 0.0233. The van der Waals surface area contributed by atoms with E-state index in [0.717, 1.165) is 77.8 Å². The van der Waals surface area contributed by atoms with Gasteiger partial charge in [0.1, 0.15) is 22.8 Å². The molecule has 47 heavy (non-hydrogen) atoms. The van der Waals surface area contributed by atoms with Gasteiger partial charge in [0.15, 0.2) is 6.17 Å². The highest BCUT2D eigenvalue weighted by atomic mass is 16.3. The van der Waals surface area contributed by atoms with Gasteiger partial charge in [-0.05, 0) is 51.2 Å². The Morgan fingerprint density at radius 2 is 1.02 bits per heavy atom. The normalized spacial score (nSPS) is 14.6. The molecule has 7 aromatic carbocycles. The Balaban J connectivity index is 1.21. The summed E-state index contributed by atoms with van der Waals surface area (Å²) in [5.41, 5.74) is 9.48. The van der Waals surface area contributed by atoms with Gasteiger partial charge in [0.2, 0.25) is 0 Å². The van der Waals surface area contributed by atoms with Crippen molar-refractivity contribution in [3.63, 3.8) is 0 Å². The highest BCUT2D eigenvalue weighted by Crippen LogP contribution is 2.41. The van der Waals surface area contributed by atoms with E-state index in [9.17, 15) is 0 Å². The molecule has 4 nitrogen and oxygen atoms in total. The van der Waals surface area contributed by atoms with Gasteiger partial charge in [0.25, 0.3) is 0 Å². The molecule has 9 rings (SSSR count). The fourth-order valence-corrected chi connectivity index (χ4v) is 6.74. The second-order valence-electron chi connectivity index (χ2n) is 11.8. The molecule has 0 spiro atoms. The maximum absolute atomic E-state index is 6.25. The third kappa shape index (κ3) is 4.79. The van der Waals surface area contributed by atoms with Crippen LogP contribution in [0.5, 0.6) is 0 Å². The molecule has 1 aromatic heterocycles. The minimum Gasteiger partial charge on any atom is -0.456 e. The third-order valence-corrected chi connectivity index (χ3v) is 8.96. The van der Waals surface area contributed by atoms with Crippen molar-refractivity contribution in [3.05, 3.63) is 180 Å². The van der Waals surface area contributed by atoms with E-state index in [2.05, 4.69) is 127 Å². The Labute approximate surface area is 272 Å². The van der Waals surface area contributed by atoms with Crippen LogP contribution in [0.15, 0.2) is 178 Å². The van der Waals surface area contributed by atoms with Gasteiger partial charge in [0.05, 0.1) is 0 Å². The molecular formula is C43H29N3O. The van der Waals surface area contributed by atoms with Crippen molar-refractivity contribution in [2.45, 2.75) is 6.17 Å². The largest absolute Gasteiger partial charge is 0.456 e. The van der Waals surface area contributed by atoms with Crippen molar-refractivity contribution in [2.24, 2.45) is 9.98 Å². The van der Waals surface area contributed by atoms with E-state index < -0.39 is 6.17 Å². The Kier molecular flexibility index (Phi) is 6.50. The zero-order valence-corrected chi connectivity index (χ0v) is 25.5. The molecule has 2 heterocycles. The van der Waals surface area contributed by atoms with Gasteiger partial charge in [0, 0.05) is 27.5 Å². The van der Waals surface area contributed by atoms with Crippen LogP contribution >= 0.6 is 0 Å². The second-order valence-corrected chi connectivity index (χ2v) is 11.8. The molecule has 1 atom stereocenters. The molecule has 1 aliphatic rings. The zero-order chi connectivity index (χ0) is 31.2. The lowest BCUT2D eigenvalue weighted by Gasteiger charge is -2.24. The van der Waals surface area contributed by atoms with Gasteiger partial charge in [-0.3, -0.25) is 0 Å². The van der Waals surface area contributed by atoms with E-state index in [1.165, 1.54) is 5.56 Å². The summed E-state index contributed by atoms with van der Waals surface area (Å²) in [7, 11) is 0. The maximum atomic E-state index is 6.25. The van der Waals surface area contributed by atoms with Gasteiger partial charge in [-0.25, -0.2) is 9.98 Å². The maximum Gasteiger partial charge on any atom is 0.170 e. The van der Waals surface area contributed by atoms with Crippen LogP contribution < -0.4 is 5.32 Å². The first kappa shape index (κ1) is 27.1. The molecule has 8 aromatic rings. The molecule has 1 N–H and O–H groups in total. The molecular weight excluding hydrogens is 574 g/mol. The number of hydrogen-bond acceptors (Lipinski definition) is 4. The average molecular weight is 604 g/mol. The summed E-state index contributed by atoms with van der Waals surface area (Å²) < 4.78 is 6.25. The van der Waals surface area contributed by atoms with Crippen LogP contribution in [0, 0.1) is 0 Å². The Morgan fingerprint density at radius 3 is 1.83 bits per heavy atom. The lowest BCUT2D eigenvalue weighted by Crippen LogP contribution is -2.36. The lowest BCUT2D eigenvalue weighted by atomic mass is 9.91. The molecule has 0 fully saturated rings. The highest BCUT2D eigenvalue weighted by molar-refractivity contribution is 6.17. The number of nitrogens with one attached hydrogen (secondary N) is 1. The van der Waals surface area contributed by atoms with E-state index >= 15 is 0 Å². The summed E-state index contributed by atoms with van der Waals surface area (Å²) >= 11 is 0. The van der Waals surface area contributed by atoms with Crippen LogP contribution in [-0.4, -0.2) is 11.7 Å². The Hall–Kier alpha value is -6.26. The number of hydrogen-bond donors (Lipinski definition) is 1. The molecule has 4 heteroatoms. The predicted molar refractivity (Wildman–Crippen MR) is 194 cm³/mol. The van der Waals surface area contributed by atoms with Crippen molar-refractivity contribution in [2.75, 3.05) is 0 Å². The number of amidine groups is 2. The second kappa shape index (κ2) is 11.3. The van der Waals surface area contributed by atoms with E-state index in [4.69, 9.17) is 14.4 Å². The zero-order valence-electron chi connectivity index (χ0n) is 25.5. The Bertz CT molecular complexity index is 2490. The fourth-order valence-electron chi connectivity index (χ4n) is 6.74. The van der Waals surface area contributed by atoms with Crippen molar-refractivity contribution >= 4 is 44.4 Å². The summed E-state index contributed by atoms with van der Waals surface area (Å²) in [6, 6.07) is 56.9. The molecule has 0 bridgehead atoms. The number of para-hydroxylation sites is 1. The van der Waals surface area contributed by atoms with Crippen molar-refractivity contribution in [3.8, 4) is 22.3 Å². The predicted octanol–water partition coefficient (Wildman–Crippen LogP) is 10.6. The molecule has 222 valence electrons. The summed E-state index contributed by atoms with van der Waals surface area (Å²) in [6.45, 7) is 0. The average Bonchev–Trinajstić information content (AvgIpc) is 3.54. The molecule has 1 unspecified atom stereocenters. The summed E-state index contributed by atoms with van der Waals surface area (Å²) in [5, 5.41) is 8.10. The third-order valence-electron chi connectivity index (χ3n) is 8.96. The summed E-state index contributed by atoms with van der Waals surface area (Å²) in [6.07, 6.45) is -0.439. The van der Waals surface area contributed by atoms with Gasteiger partial charge in [-0.2, -0.15) is 0 Å². The molecule has 0 radical (unpaired) electrons. The smallest absolute Gasteiger partial charge is 0.170 e. The summed E-state index contributed by atoms with van der Waals surface area (Å²) in [4.78, 5) is 10.5. The van der Waals surface area contributed by atoms with Crippen LogP contribution in [0.4, 0.5) is 0 Å². The van der Waals surface area contributed by atoms with Gasteiger partial charge >= 0.3 is 0 Å². The SMILES string of the molecule is c1ccc(C2=NC(c3ccc(-c4cccc5oc6ccccc6c45)c4ccccc34)N=C(c3cccc(-c4ccccc4)c3)N2)cc1. The standard InChI is InChI=1S/C43H29N3O/c1-3-13-28(14-4-1)30-17-11-18-31(27-30)42-44-41(29-15-5-2-6-16-29)45-43(46-42)36-26-25-34(32-19-7-8-20-33(32)36)35-22-12-24-39-40(35)37-21-9-10-23-38(37)47-39/h1-27,43H,(H,44,45,46). The van der Waals surface area contributed by atoms with E-state index in [-0.39, 0.29) is 0 Å². The Morgan fingerprint density at radius 1 is 0.426 bits per heavy atom. The number of benzene rings is 7. The van der Waals surface area contributed by atoms with Crippen molar-refractivity contribution in [1.82, 2.24) is 5.32 Å². The minimum absolute atomic E-state index is 0.439. The van der Waals surface area contributed by atoms with Gasteiger partial charge < -0.3 is 9.73 Å². The molecule has 0 saturated carbocycles. The number of rotatable bonds is 5. The van der Waals surface area contributed by atoms with Crippen LogP contribution in [-0.2, 0) is 0 Å². The quantitative estimate of drug-likeness (QED) is 0.213. The first-order valence-electron chi connectivity index (χ1n) is 15.9. The monoisotopic (exact) mass is 603 g/mol. The van der Waals surface area contributed by atoms with Gasteiger partial charge in [-0.15, -0.1) is 0 Å². The van der Waals surface area contributed by atoms with Crippen LogP contribution in [0.3, 0.4) is 0 Å². The molecule has 0 saturated heterocycles. The first-order chi connectivity index (χ1) is 23.3.